The van der Waals surface area contributed by atoms with Crippen LogP contribution in [0.25, 0.3) is 0 Å². The molecule has 0 spiro atoms. The summed E-state index contributed by atoms with van der Waals surface area (Å²) in [5, 5.41) is 0. The van der Waals surface area contributed by atoms with Gasteiger partial charge in [-0.05, 0) is 141 Å². The van der Waals surface area contributed by atoms with Gasteiger partial charge in [0.15, 0.2) is 0 Å². The maximum absolute atomic E-state index is 2.75. The molecule has 4 saturated carbocycles. The second-order valence-electron chi connectivity index (χ2n) is 13.0. The second kappa shape index (κ2) is 8.22. The van der Waals surface area contributed by atoms with Crippen molar-refractivity contribution in [3.8, 4) is 0 Å². The summed E-state index contributed by atoms with van der Waals surface area (Å²) in [6, 6.07) is 6.84. The molecule has 0 heterocycles. The van der Waals surface area contributed by atoms with E-state index in [9.17, 15) is 0 Å². The average Bonchev–Trinajstić information content (AvgIpc) is 3.10. The van der Waals surface area contributed by atoms with Crippen LogP contribution in [0.15, 0.2) is 18.2 Å². The first-order chi connectivity index (χ1) is 14.8. The Balaban J connectivity index is 1.30. The molecule has 8 atom stereocenters. The zero-order valence-electron chi connectivity index (χ0n) is 21.2. The van der Waals surface area contributed by atoms with Gasteiger partial charge >= 0.3 is 0 Å². The van der Waals surface area contributed by atoms with Crippen LogP contribution in [0.2, 0.25) is 0 Å². The molecule has 5 rings (SSSR count). The van der Waals surface area contributed by atoms with Crippen LogP contribution in [-0.4, -0.2) is 0 Å². The molecule has 0 nitrogen and oxygen atoms in total. The quantitative estimate of drug-likeness (QED) is 0.456. The lowest BCUT2D eigenvalue weighted by molar-refractivity contribution is -0.114. The first kappa shape index (κ1) is 22.0. The smallest absolute Gasteiger partial charge is 0.0264 e. The predicted octanol–water partition coefficient (Wildman–Crippen LogP) is 8.92. The number of fused-ring (bicyclic) bond motifs is 5. The van der Waals surface area contributed by atoms with Crippen LogP contribution in [0, 0.1) is 60.2 Å². The van der Waals surface area contributed by atoms with E-state index in [1.165, 1.54) is 62.5 Å². The van der Waals surface area contributed by atoms with Gasteiger partial charge in [-0.2, -0.15) is 0 Å². The van der Waals surface area contributed by atoms with Gasteiger partial charge in [0.1, 0.15) is 0 Å². The Labute approximate surface area is 193 Å². The van der Waals surface area contributed by atoms with E-state index in [1.807, 2.05) is 0 Å². The fourth-order valence-corrected chi connectivity index (χ4v) is 10.1. The third-order valence-electron chi connectivity index (χ3n) is 11.8. The minimum absolute atomic E-state index is 0.624. The van der Waals surface area contributed by atoms with E-state index in [4.69, 9.17) is 0 Å². The van der Waals surface area contributed by atoms with Gasteiger partial charge in [0.2, 0.25) is 0 Å². The maximum Gasteiger partial charge on any atom is -0.0264 e. The van der Waals surface area contributed by atoms with E-state index < -0.39 is 0 Å². The molecule has 172 valence electrons. The van der Waals surface area contributed by atoms with Gasteiger partial charge in [-0.25, -0.2) is 0 Å². The minimum atomic E-state index is 0.624. The number of rotatable bonds is 4. The van der Waals surface area contributed by atoms with Crippen LogP contribution >= 0.6 is 0 Å². The highest BCUT2D eigenvalue weighted by Gasteiger charge is 2.60. The third-order valence-corrected chi connectivity index (χ3v) is 11.8. The van der Waals surface area contributed by atoms with E-state index >= 15 is 0 Å². The largest absolute Gasteiger partial charge is 0.0622 e. The Hall–Kier alpha value is -0.780. The first-order valence-electron chi connectivity index (χ1n) is 13.9. The minimum Gasteiger partial charge on any atom is -0.0622 e. The molecule has 31 heavy (non-hydrogen) atoms. The standard InChI is InChI=1S/C31H48/c1-21-9-8-10-22(2)25(21)14-12-23(3)27-16-17-28-26-15-13-24-11-6-7-19-30(24,4)29(26)18-20-31(27,28)5/h8-10,23-24,26-29H,6-7,11-20H2,1-5H3. The summed E-state index contributed by atoms with van der Waals surface area (Å²) in [6.45, 7) is 12.7. The van der Waals surface area contributed by atoms with Crippen molar-refractivity contribution in [2.75, 3.05) is 0 Å². The molecule has 4 fully saturated rings. The monoisotopic (exact) mass is 420 g/mol. The Bertz CT molecular complexity index is 771. The maximum atomic E-state index is 2.75. The van der Waals surface area contributed by atoms with E-state index in [2.05, 4.69) is 52.8 Å². The highest BCUT2D eigenvalue weighted by Crippen LogP contribution is 2.68. The summed E-state index contributed by atoms with van der Waals surface area (Å²) < 4.78 is 0. The molecule has 1 aromatic rings. The van der Waals surface area contributed by atoms with Crippen LogP contribution in [-0.2, 0) is 6.42 Å². The van der Waals surface area contributed by atoms with Crippen LogP contribution in [0.4, 0.5) is 0 Å². The molecule has 4 aliphatic rings. The van der Waals surface area contributed by atoms with Gasteiger partial charge in [0, 0.05) is 0 Å². The Kier molecular flexibility index (Phi) is 5.84. The summed E-state index contributed by atoms with van der Waals surface area (Å²) >= 11 is 0. The molecule has 1 aromatic carbocycles. The van der Waals surface area contributed by atoms with Crippen molar-refractivity contribution in [3.63, 3.8) is 0 Å². The van der Waals surface area contributed by atoms with E-state index in [-0.39, 0.29) is 0 Å². The van der Waals surface area contributed by atoms with Crippen molar-refractivity contribution in [3.05, 3.63) is 34.9 Å². The van der Waals surface area contributed by atoms with Crippen molar-refractivity contribution < 1.29 is 0 Å². The molecule has 0 N–H and O–H groups in total. The van der Waals surface area contributed by atoms with E-state index in [1.54, 1.807) is 31.2 Å². The van der Waals surface area contributed by atoms with E-state index in [0.29, 0.717) is 10.8 Å². The number of benzene rings is 1. The Morgan fingerprint density at radius 3 is 2.35 bits per heavy atom. The molecule has 0 radical (unpaired) electrons. The lowest BCUT2D eigenvalue weighted by Crippen LogP contribution is -2.53. The molecular formula is C31H48. The summed E-state index contributed by atoms with van der Waals surface area (Å²) in [4.78, 5) is 0. The zero-order valence-corrected chi connectivity index (χ0v) is 21.2. The number of hydrogen-bond donors (Lipinski definition) is 0. The summed E-state index contributed by atoms with van der Waals surface area (Å²) in [5.41, 5.74) is 5.94. The van der Waals surface area contributed by atoms with Gasteiger partial charge in [0.25, 0.3) is 0 Å². The van der Waals surface area contributed by atoms with Gasteiger partial charge in [0.05, 0.1) is 0 Å². The van der Waals surface area contributed by atoms with Crippen molar-refractivity contribution in [1.82, 2.24) is 0 Å². The molecule has 0 aliphatic heterocycles. The van der Waals surface area contributed by atoms with Crippen molar-refractivity contribution in [2.45, 2.75) is 112 Å². The molecule has 0 saturated heterocycles. The highest BCUT2D eigenvalue weighted by atomic mass is 14.6. The van der Waals surface area contributed by atoms with Gasteiger partial charge in [-0.3, -0.25) is 0 Å². The average molecular weight is 421 g/mol. The normalized spacial score (nSPS) is 43.1. The topological polar surface area (TPSA) is 0 Å². The van der Waals surface area contributed by atoms with Crippen LogP contribution in [0.5, 0.6) is 0 Å². The number of hydrogen-bond acceptors (Lipinski definition) is 0. The number of aryl methyl sites for hydroxylation is 2. The molecule has 0 bridgehead atoms. The van der Waals surface area contributed by atoms with Crippen molar-refractivity contribution >= 4 is 0 Å². The molecule has 0 aromatic heterocycles. The first-order valence-corrected chi connectivity index (χ1v) is 13.9. The molecule has 0 heteroatoms. The lowest BCUT2D eigenvalue weighted by atomic mass is 9.44. The molecule has 4 aliphatic carbocycles. The zero-order chi connectivity index (χ0) is 21.8. The third kappa shape index (κ3) is 3.54. The Morgan fingerprint density at radius 2 is 1.58 bits per heavy atom. The van der Waals surface area contributed by atoms with Gasteiger partial charge in [-0.15, -0.1) is 0 Å². The lowest BCUT2D eigenvalue weighted by Gasteiger charge is -2.61. The fourth-order valence-electron chi connectivity index (χ4n) is 10.1. The summed E-state index contributed by atoms with van der Waals surface area (Å²) in [6.07, 6.45) is 18.0. The summed E-state index contributed by atoms with van der Waals surface area (Å²) in [7, 11) is 0. The molecule has 0 amide bonds. The SMILES string of the molecule is Cc1cccc(C)c1CCC(C)C1CCC2C3CCC4CCCCC4(C)C3CCC12C. The van der Waals surface area contributed by atoms with Crippen LogP contribution in [0.3, 0.4) is 0 Å². The fraction of sp³-hybridized carbons (Fsp3) is 0.806. The van der Waals surface area contributed by atoms with Crippen molar-refractivity contribution in [2.24, 2.45) is 46.3 Å². The molecular weight excluding hydrogens is 372 g/mol. The Morgan fingerprint density at radius 1 is 0.839 bits per heavy atom. The van der Waals surface area contributed by atoms with Crippen LogP contribution < -0.4 is 0 Å². The second-order valence-corrected chi connectivity index (χ2v) is 13.0. The van der Waals surface area contributed by atoms with E-state index in [0.717, 1.165) is 35.5 Å². The van der Waals surface area contributed by atoms with Gasteiger partial charge < -0.3 is 0 Å². The molecule has 8 unspecified atom stereocenters. The predicted molar refractivity (Wildman–Crippen MR) is 133 cm³/mol. The highest BCUT2D eigenvalue weighted by molar-refractivity contribution is 5.33. The van der Waals surface area contributed by atoms with Crippen molar-refractivity contribution in [1.29, 1.82) is 0 Å². The van der Waals surface area contributed by atoms with Gasteiger partial charge in [-0.1, -0.05) is 51.8 Å². The summed E-state index contributed by atoms with van der Waals surface area (Å²) in [5.74, 6) is 6.01. The van der Waals surface area contributed by atoms with Crippen LogP contribution in [0.1, 0.15) is 108 Å².